The van der Waals surface area contributed by atoms with Crippen molar-refractivity contribution in [3.63, 3.8) is 0 Å². The summed E-state index contributed by atoms with van der Waals surface area (Å²) in [7, 11) is 0. The summed E-state index contributed by atoms with van der Waals surface area (Å²) in [4.78, 5) is 35.8. The highest BCUT2D eigenvalue weighted by molar-refractivity contribution is 5.80. The van der Waals surface area contributed by atoms with Crippen LogP contribution in [0.15, 0.2) is 0 Å². The molecule has 0 aromatic carbocycles. The predicted octanol–water partition coefficient (Wildman–Crippen LogP) is 1.15. The van der Waals surface area contributed by atoms with Gasteiger partial charge < -0.3 is 15.3 Å². The minimum absolute atomic E-state index is 0.0166. The highest BCUT2D eigenvalue weighted by atomic mass is 16.4. The molecule has 1 atom stereocenters. The first-order chi connectivity index (χ1) is 9.54. The number of hydrogen-bond acceptors (Lipinski definition) is 3. The van der Waals surface area contributed by atoms with Crippen LogP contribution in [0.4, 0.5) is 0 Å². The molecule has 2 amide bonds. The number of rotatable bonds is 8. The van der Waals surface area contributed by atoms with Gasteiger partial charge in [-0.05, 0) is 25.7 Å². The summed E-state index contributed by atoms with van der Waals surface area (Å²) in [5.74, 6) is -0.922. The van der Waals surface area contributed by atoms with Gasteiger partial charge in [0.1, 0.15) is 0 Å². The van der Waals surface area contributed by atoms with Crippen LogP contribution in [0.5, 0.6) is 0 Å². The predicted molar refractivity (Wildman–Crippen MR) is 74.1 cm³/mol. The molecule has 0 aromatic rings. The van der Waals surface area contributed by atoms with Gasteiger partial charge in [0.25, 0.3) is 0 Å². The van der Waals surface area contributed by atoms with Gasteiger partial charge in [-0.3, -0.25) is 14.4 Å². The molecule has 1 aliphatic rings. The van der Waals surface area contributed by atoms with Crippen molar-refractivity contribution in [1.82, 2.24) is 10.2 Å². The minimum atomic E-state index is -0.867. The number of carbonyl (C=O) groups is 3. The first-order valence-electron chi connectivity index (χ1n) is 7.32. The van der Waals surface area contributed by atoms with Gasteiger partial charge in [0.15, 0.2) is 0 Å². The molecule has 0 spiro atoms. The van der Waals surface area contributed by atoms with E-state index < -0.39 is 5.97 Å². The summed E-state index contributed by atoms with van der Waals surface area (Å²) in [5.41, 5.74) is 0. The van der Waals surface area contributed by atoms with Crippen molar-refractivity contribution in [3.8, 4) is 0 Å². The third-order valence-electron chi connectivity index (χ3n) is 3.47. The van der Waals surface area contributed by atoms with E-state index in [9.17, 15) is 14.4 Å². The van der Waals surface area contributed by atoms with E-state index in [4.69, 9.17) is 5.11 Å². The number of hydrogen-bond donors (Lipinski definition) is 2. The van der Waals surface area contributed by atoms with Crippen LogP contribution in [0.3, 0.4) is 0 Å². The van der Waals surface area contributed by atoms with E-state index in [0.29, 0.717) is 32.4 Å². The zero-order chi connectivity index (χ0) is 15.0. The monoisotopic (exact) mass is 284 g/mol. The number of amides is 2. The van der Waals surface area contributed by atoms with Gasteiger partial charge in [-0.1, -0.05) is 6.92 Å². The minimum Gasteiger partial charge on any atom is -0.481 e. The van der Waals surface area contributed by atoms with Gasteiger partial charge in [-0.25, -0.2) is 0 Å². The van der Waals surface area contributed by atoms with Gasteiger partial charge in [0, 0.05) is 32.0 Å². The van der Waals surface area contributed by atoms with Crippen molar-refractivity contribution in [2.75, 3.05) is 13.1 Å². The summed E-state index contributed by atoms with van der Waals surface area (Å²) in [5, 5.41) is 11.6. The third kappa shape index (κ3) is 5.59. The summed E-state index contributed by atoms with van der Waals surface area (Å²) in [6.45, 7) is 3.29. The molecule has 1 unspecified atom stereocenters. The van der Waals surface area contributed by atoms with Crippen LogP contribution in [0.25, 0.3) is 0 Å². The zero-order valence-electron chi connectivity index (χ0n) is 12.1. The summed E-state index contributed by atoms with van der Waals surface area (Å²) < 4.78 is 0. The topological polar surface area (TPSA) is 86.7 Å². The van der Waals surface area contributed by atoms with Crippen molar-refractivity contribution in [2.24, 2.45) is 0 Å². The maximum absolute atomic E-state index is 12.0. The lowest BCUT2D eigenvalue weighted by molar-refractivity contribution is -0.139. The number of carboxylic acid groups (broad SMARTS) is 1. The Balaban J connectivity index is 2.28. The van der Waals surface area contributed by atoms with Crippen molar-refractivity contribution in [3.05, 3.63) is 0 Å². The number of nitrogens with one attached hydrogen (secondary N) is 1. The molecule has 0 saturated carbocycles. The van der Waals surface area contributed by atoms with Crippen LogP contribution in [0.1, 0.15) is 51.9 Å². The van der Waals surface area contributed by atoms with E-state index in [-0.39, 0.29) is 24.3 Å². The Kier molecular flexibility index (Phi) is 7.04. The summed E-state index contributed by atoms with van der Waals surface area (Å²) in [6.07, 6.45) is 3.72. The Labute approximate surface area is 119 Å². The van der Waals surface area contributed by atoms with Crippen LogP contribution < -0.4 is 5.32 Å². The van der Waals surface area contributed by atoms with Gasteiger partial charge in [-0.15, -0.1) is 0 Å². The maximum atomic E-state index is 12.0. The van der Waals surface area contributed by atoms with Crippen molar-refractivity contribution >= 4 is 17.8 Å². The largest absolute Gasteiger partial charge is 0.481 e. The van der Waals surface area contributed by atoms with E-state index in [1.807, 2.05) is 6.92 Å². The van der Waals surface area contributed by atoms with Crippen LogP contribution in [0, 0.1) is 0 Å². The molecule has 114 valence electrons. The Bertz CT molecular complexity index is 357. The van der Waals surface area contributed by atoms with Gasteiger partial charge in [0.2, 0.25) is 11.8 Å². The van der Waals surface area contributed by atoms with Crippen LogP contribution in [0.2, 0.25) is 0 Å². The molecule has 0 aromatic heterocycles. The number of likely N-dealkylation sites (tertiary alicyclic amines) is 1. The molecule has 1 rings (SSSR count). The van der Waals surface area contributed by atoms with E-state index in [0.717, 1.165) is 19.3 Å². The number of aliphatic carboxylic acids is 1. The van der Waals surface area contributed by atoms with E-state index in [1.165, 1.54) is 0 Å². The second-order valence-electron chi connectivity index (χ2n) is 5.18. The van der Waals surface area contributed by atoms with E-state index in [2.05, 4.69) is 5.32 Å². The standard InChI is InChI=1S/C14H24N2O4/c1-2-8-15-12(17)6-3-7-13(18)16-9-4-5-11(16)10-14(19)20/h11H,2-10H2,1H3,(H,15,17)(H,19,20). The molecule has 1 heterocycles. The van der Waals surface area contributed by atoms with Crippen LogP contribution in [-0.4, -0.2) is 46.9 Å². The SMILES string of the molecule is CCCNC(=O)CCCC(=O)N1CCCC1CC(=O)O. The molecule has 0 aliphatic carbocycles. The second kappa shape index (κ2) is 8.55. The van der Waals surface area contributed by atoms with E-state index >= 15 is 0 Å². The molecular formula is C14H24N2O4. The zero-order valence-corrected chi connectivity index (χ0v) is 12.1. The Morgan fingerprint density at radius 1 is 1.30 bits per heavy atom. The van der Waals surface area contributed by atoms with Crippen molar-refractivity contribution in [2.45, 2.75) is 57.9 Å². The van der Waals surface area contributed by atoms with Gasteiger partial charge in [0.05, 0.1) is 6.42 Å². The summed E-state index contributed by atoms with van der Waals surface area (Å²) in [6, 6.07) is -0.172. The lowest BCUT2D eigenvalue weighted by atomic mass is 10.1. The van der Waals surface area contributed by atoms with E-state index in [1.54, 1.807) is 4.90 Å². The molecular weight excluding hydrogens is 260 g/mol. The molecule has 2 N–H and O–H groups in total. The molecule has 1 aliphatic heterocycles. The van der Waals surface area contributed by atoms with Crippen molar-refractivity contribution in [1.29, 1.82) is 0 Å². The van der Waals surface area contributed by atoms with Crippen LogP contribution >= 0.6 is 0 Å². The summed E-state index contributed by atoms with van der Waals surface area (Å²) >= 11 is 0. The normalized spacial score (nSPS) is 18.1. The molecule has 1 fully saturated rings. The van der Waals surface area contributed by atoms with Crippen LogP contribution in [-0.2, 0) is 14.4 Å². The first-order valence-corrected chi connectivity index (χ1v) is 7.32. The highest BCUT2D eigenvalue weighted by Crippen LogP contribution is 2.21. The highest BCUT2D eigenvalue weighted by Gasteiger charge is 2.29. The molecule has 1 saturated heterocycles. The first kappa shape index (κ1) is 16.5. The Morgan fingerprint density at radius 2 is 2.05 bits per heavy atom. The number of nitrogens with zero attached hydrogens (tertiary/aromatic N) is 1. The molecule has 6 heteroatoms. The molecule has 0 radical (unpaired) electrons. The fourth-order valence-corrected chi connectivity index (χ4v) is 2.47. The average molecular weight is 284 g/mol. The molecule has 0 bridgehead atoms. The Morgan fingerprint density at radius 3 is 2.70 bits per heavy atom. The fraction of sp³-hybridized carbons (Fsp3) is 0.786. The quantitative estimate of drug-likeness (QED) is 0.700. The van der Waals surface area contributed by atoms with Gasteiger partial charge in [-0.2, -0.15) is 0 Å². The average Bonchev–Trinajstić information content (AvgIpc) is 2.83. The number of carbonyl (C=O) groups excluding carboxylic acids is 2. The smallest absolute Gasteiger partial charge is 0.305 e. The molecule has 20 heavy (non-hydrogen) atoms. The second-order valence-corrected chi connectivity index (χ2v) is 5.18. The van der Waals surface area contributed by atoms with Crippen molar-refractivity contribution < 1.29 is 19.5 Å². The molecule has 6 nitrogen and oxygen atoms in total. The maximum Gasteiger partial charge on any atom is 0.305 e. The van der Waals surface area contributed by atoms with Gasteiger partial charge >= 0.3 is 5.97 Å². The third-order valence-corrected chi connectivity index (χ3v) is 3.47. The Hall–Kier alpha value is -1.59. The number of carboxylic acids is 1. The fourth-order valence-electron chi connectivity index (χ4n) is 2.47. The lowest BCUT2D eigenvalue weighted by Crippen LogP contribution is -2.36. The lowest BCUT2D eigenvalue weighted by Gasteiger charge is -2.23.